The summed E-state index contributed by atoms with van der Waals surface area (Å²) >= 11 is 5.02. The molecule has 4 nitrogen and oxygen atoms in total. The summed E-state index contributed by atoms with van der Waals surface area (Å²) in [7, 11) is 1.66. The Morgan fingerprint density at radius 2 is 2.05 bits per heavy atom. The molecule has 3 N–H and O–H groups in total. The zero-order chi connectivity index (χ0) is 14.4. The highest BCUT2D eigenvalue weighted by Gasteiger charge is 2.04. The molecule has 0 amide bonds. The van der Waals surface area contributed by atoms with Crippen LogP contribution < -0.4 is 15.8 Å². The van der Waals surface area contributed by atoms with Crippen molar-refractivity contribution in [3.63, 3.8) is 0 Å². The third-order valence-corrected chi connectivity index (χ3v) is 3.19. The third kappa shape index (κ3) is 3.68. The minimum absolute atomic E-state index is 0.374. The molecule has 0 fully saturated rings. The number of ether oxygens (including phenoxy) is 1. The standard InChI is InChI=1S/C15H17N3OS/c1-19-12-4-2-11(3-5-12)6-9-18-14-10-17-8-7-13(14)15(16)20/h2-5,7-8,10,18H,6,9H2,1H3,(H2,16,20). The van der Waals surface area contributed by atoms with Gasteiger partial charge in [-0.15, -0.1) is 0 Å². The molecule has 104 valence electrons. The maximum absolute atomic E-state index is 5.68. The zero-order valence-electron chi connectivity index (χ0n) is 11.3. The van der Waals surface area contributed by atoms with Gasteiger partial charge in [-0.3, -0.25) is 4.98 Å². The van der Waals surface area contributed by atoms with E-state index >= 15 is 0 Å². The number of anilines is 1. The van der Waals surface area contributed by atoms with Crippen LogP contribution in [-0.2, 0) is 6.42 Å². The van der Waals surface area contributed by atoms with Crippen molar-refractivity contribution >= 4 is 22.9 Å². The number of thiocarbonyl (C=S) groups is 1. The summed E-state index contributed by atoms with van der Waals surface area (Å²) in [6.07, 6.45) is 4.32. The molecule has 20 heavy (non-hydrogen) atoms. The first-order valence-electron chi connectivity index (χ1n) is 6.31. The Morgan fingerprint density at radius 3 is 2.70 bits per heavy atom. The van der Waals surface area contributed by atoms with E-state index in [4.69, 9.17) is 22.7 Å². The van der Waals surface area contributed by atoms with Crippen molar-refractivity contribution in [1.82, 2.24) is 4.98 Å². The summed E-state index contributed by atoms with van der Waals surface area (Å²) in [6, 6.07) is 9.84. The third-order valence-electron chi connectivity index (χ3n) is 2.97. The summed E-state index contributed by atoms with van der Waals surface area (Å²) < 4.78 is 5.13. The summed E-state index contributed by atoms with van der Waals surface area (Å²) in [5.74, 6) is 0.865. The number of aromatic nitrogens is 1. The number of nitrogens with two attached hydrogens (primary N) is 1. The van der Waals surface area contributed by atoms with E-state index in [0.717, 1.165) is 30.0 Å². The van der Waals surface area contributed by atoms with Crippen LogP contribution in [0.2, 0.25) is 0 Å². The Bertz CT molecular complexity index is 584. The topological polar surface area (TPSA) is 60.2 Å². The van der Waals surface area contributed by atoms with Crippen LogP contribution >= 0.6 is 12.2 Å². The lowest BCUT2D eigenvalue weighted by molar-refractivity contribution is 0.414. The average molecular weight is 287 g/mol. The maximum Gasteiger partial charge on any atom is 0.118 e. The summed E-state index contributed by atoms with van der Waals surface area (Å²) in [5.41, 5.74) is 8.61. The number of nitrogens with one attached hydrogen (secondary N) is 1. The van der Waals surface area contributed by atoms with Gasteiger partial charge in [0.1, 0.15) is 10.7 Å². The van der Waals surface area contributed by atoms with E-state index in [-0.39, 0.29) is 0 Å². The van der Waals surface area contributed by atoms with E-state index in [1.54, 1.807) is 19.5 Å². The van der Waals surface area contributed by atoms with Gasteiger partial charge < -0.3 is 15.8 Å². The number of hydrogen-bond donors (Lipinski definition) is 2. The lowest BCUT2D eigenvalue weighted by Crippen LogP contribution is -2.14. The fourth-order valence-corrected chi connectivity index (χ4v) is 2.06. The van der Waals surface area contributed by atoms with Crippen LogP contribution in [0.4, 0.5) is 5.69 Å². The van der Waals surface area contributed by atoms with Gasteiger partial charge in [0.05, 0.1) is 19.0 Å². The van der Waals surface area contributed by atoms with Gasteiger partial charge >= 0.3 is 0 Å². The van der Waals surface area contributed by atoms with Gasteiger partial charge in [0.15, 0.2) is 0 Å². The van der Waals surface area contributed by atoms with Crippen molar-refractivity contribution in [2.45, 2.75) is 6.42 Å². The zero-order valence-corrected chi connectivity index (χ0v) is 12.1. The van der Waals surface area contributed by atoms with E-state index in [2.05, 4.69) is 22.4 Å². The fourth-order valence-electron chi connectivity index (χ4n) is 1.88. The van der Waals surface area contributed by atoms with E-state index in [1.807, 2.05) is 18.2 Å². The SMILES string of the molecule is COc1ccc(CCNc2cnccc2C(N)=S)cc1. The second kappa shape index (κ2) is 6.86. The lowest BCUT2D eigenvalue weighted by Gasteiger charge is -2.10. The number of rotatable bonds is 6. The second-order valence-electron chi connectivity index (χ2n) is 4.31. The molecule has 1 aromatic carbocycles. The van der Waals surface area contributed by atoms with Gasteiger partial charge in [0, 0.05) is 18.3 Å². The van der Waals surface area contributed by atoms with Crippen LogP contribution in [0.3, 0.4) is 0 Å². The van der Waals surface area contributed by atoms with Crippen LogP contribution in [0.15, 0.2) is 42.7 Å². The van der Waals surface area contributed by atoms with Crippen LogP contribution in [-0.4, -0.2) is 23.6 Å². The molecular formula is C15H17N3OS. The molecule has 0 aliphatic rings. The van der Waals surface area contributed by atoms with Crippen molar-refractivity contribution in [2.75, 3.05) is 19.0 Å². The maximum atomic E-state index is 5.68. The Labute approximate surface area is 124 Å². The van der Waals surface area contributed by atoms with Crippen LogP contribution in [0, 0.1) is 0 Å². The van der Waals surface area contributed by atoms with E-state index < -0.39 is 0 Å². The van der Waals surface area contributed by atoms with E-state index in [0.29, 0.717) is 4.99 Å². The smallest absolute Gasteiger partial charge is 0.118 e. The van der Waals surface area contributed by atoms with E-state index in [1.165, 1.54) is 5.56 Å². The number of nitrogens with zero attached hydrogens (tertiary/aromatic N) is 1. The molecule has 0 saturated heterocycles. The van der Waals surface area contributed by atoms with Gasteiger partial charge in [-0.25, -0.2) is 0 Å². The van der Waals surface area contributed by atoms with Gasteiger partial charge in [-0.05, 0) is 30.2 Å². The molecular weight excluding hydrogens is 270 g/mol. The van der Waals surface area contributed by atoms with Crippen molar-refractivity contribution in [3.8, 4) is 5.75 Å². The largest absolute Gasteiger partial charge is 0.497 e. The molecule has 2 rings (SSSR count). The molecule has 0 bridgehead atoms. The molecule has 0 spiro atoms. The Hall–Kier alpha value is -2.14. The van der Waals surface area contributed by atoms with Crippen molar-refractivity contribution in [3.05, 3.63) is 53.9 Å². The van der Waals surface area contributed by atoms with Crippen LogP contribution in [0.5, 0.6) is 5.75 Å². The van der Waals surface area contributed by atoms with E-state index in [9.17, 15) is 0 Å². The quantitative estimate of drug-likeness (QED) is 0.799. The highest BCUT2D eigenvalue weighted by Crippen LogP contribution is 2.14. The number of hydrogen-bond acceptors (Lipinski definition) is 4. The van der Waals surface area contributed by atoms with Gasteiger partial charge in [0.2, 0.25) is 0 Å². The summed E-state index contributed by atoms with van der Waals surface area (Å²) in [6.45, 7) is 0.785. The molecule has 0 unspecified atom stereocenters. The first kappa shape index (κ1) is 14.3. The molecule has 0 radical (unpaired) electrons. The Morgan fingerprint density at radius 1 is 1.30 bits per heavy atom. The number of benzene rings is 1. The predicted molar refractivity (Wildman–Crippen MR) is 85.3 cm³/mol. The highest BCUT2D eigenvalue weighted by molar-refractivity contribution is 7.80. The Balaban J connectivity index is 1.94. The second-order valence-corrected chi connectivity index (χ2v) is 4.75. The summed E-state index contributed by atoms with van der Waals surface area (Å²) in [4.78, 5) is 4.46. The minimum Gasteiger partial charge on any atom is -0.497 e. The average Bonchev–Trinajstić information content (AvgIpc) is 2.48. The fraction of sp³-hybridized carbons (Fsp3) is 0.200. The van der Waals surface area contributed by atoms with Gasteiger partial charge in [-0.1, -0.05) is 24.4 Å². The summed E-state index contributed by atoms with van der Waals surface area (Å²) in [5, 5.41) is 3.31. The van der Waals surface area contributed by atoms with Crippen molar-refractivity contribution < 1.29 is 4.74 Å². The lowest BCUT2D eigenvalue weighted by atomic mass is 10.1. The first-order chi connectivity index (χ1) is 9.70. The molecule has 2 aromatic rings. The normalized spacial score (nSPS) is 10.1. The molecule has 1 heterocycles. The molecule has 5 heteroatoms. The molecule has 0 atom stereocenters. The monoisotopic (exact) mass is 287 g/mol. The molecule has 0 aliphatic heterocycles. The number of methoxy groups -OCH3 is 1. The molecule has 0 saturated carbocycles. The number of pyridine rings is 1. The van der Waals surface area contributed by atoms with Gasteiger partial charge in [0.25, 0.3) is 0 Å². The molecule has 1 aromatic heterocycles. The Kier molecular flexibility index (Phi) is 4.90. The first-order valence-corrected chi connectivity index (χ1v) is 6.72. The van der Waals surface area contributed by atoms with Crippen LogP contribution in [0.1, 0.15) is 11.1 Å². The highest BCUT2D eigenvalue weighted by atomic mass is 32.1. The minimum atomic E-state index is 0.374. The van der Waals surface area contributed by atoms with Crippen molar-refractivity contribution in [2.24, 2.45) is 5.73 Å². The predicted octanol–water partition coefficient (Wildman–Crippen LogP) is 2.38. The van der Waals surface area contributed by atoms with Gasteiger partial charge in [-0.2, -0.15) is 0 Å². The molecule has 0 aliphatic carbocycles. The van der Waals surface area contributed by atoms with Crippen molar-refractivity contribution in [1.29, 1.82) is 0 Å². The van der Waals surface area contributed by atoms with Crippen LogP contribution in [0.25, 0.3) is 0 Å².